The Kier molecular flexibility index (Phi) is 4.88. The summed E-state index contributed by atoms with van der Waals surface area (Å²) in [6.45, 7) is 5.69. The van der Waals surface area contributed by atoms with Crippen molar-refractivity contribution in [3.63, 3.8) is 0 Å². The number of hydrogen-bond acceptors (Lipinski definition) is 8. The van der Waals surface area contributed by atoms with E-state index < -0.39 is 11.6 Å². The molecule has 4 rings (SSSR count). The summed E-state index contributed by atoms with van der Waals surface area (Å²) in [4.78, 5) is 14.9. The van der Waals surface area contributed by atoms with E-state index in [-0.39, 0.29) is 18.1 Å². The van der Waals surface area contributed by atoms with Crippen molar-refractivity contribution in [1.82, 2.24) is 25.3 Å². The number of aliphatic hydroxyl groups excluding tert-OH is 1. The molecule has 4 heterocycles. The minimum Gasteiger partial charge on any atom is -0.388 e. The molecule has 2 saturated heterocycles. The van der Waals surface area contributed by atoms with Crippen LogP contribution in [-0.2, 0) is 11.8 Å². The Labute approximate surface area is 167 Å². The second kappa shape index (κ2) is 7.09. The van der Waals surface area contributed by atoms with Crippen LogP contribution in [0.4, 0.5) is 5.13 Å². The summed E-state index contributed by atoms with van der Waals surface area (Å²) >= 11 is 1.60. The Bertz CT molecular complexity index is 859. The van der Waals surface area contributed by atoms with E-state index in [4.69, 9.17) is 4.74 Å². The highest BCUT2D eigenvalue weighted by Gasteiger charge is 2.50. The van der Waals surface area contributed by atoms with Crippen LogP contribution >= 0.6 is 11.3 Å². The van der Waals surface area contributed by atoms with Crippen LogP contribution in [-0.4, -0.2) is 67.9 Å². The summed E-state index contributed by atoms with van der Waals surface area (Å²) in [6.07, 6.45) is 3.02. The van der Waals surface area contributed by atoms with Crippen molar-refractivity contribution in [2.75, 3.05) is 24.6 Å². The molecule has 2 aromatic heterocycles. The number of nitrogens with zero attached hydrogens (tertiary/aromatic N) is 5. The Balaban J connectivity index is 1.45. The van der Waals surface area contributed by atoms with E-state index in [0.29, 0.717) is 12.1 Å². The van der Waals surface area contributed by atoms with E-state index in [1.807, 2.05) is 13.8 Å². The number of hydrogen-bond donors (Lipinski definition) is 2. The number of aryl methyl sites for hydroxylation is 2. The molecule has 28 heavy (non-hydrogen) atoms. The molecule has 2 aliphatic heterocycles. The van der Waals surface area contributed by atoms with Gasteiger partial charge in [-0.3, -0.25) is 9.48 Å². The number of piperidine rings is 1. The smallest absolute Gasteiger partial charge is 0.270 e. The Hall–Kier alpha value is -2.04. The van der Waals surface area contributed by atoms with E-state index in [1.165, 1.54) is 4.68 Å². The average Bonchev–Trinajstić information content (AvgIpc) is 3.27. The highest BCUT2D eigenvalue weighted by molar-refractivity contribution is 7.15. The van der Waals surface area contributed by atoms with E-state index in [2.05, 4.69) is 25.5 Å². The van der Waals surface area contributed by atoms with Crippen LogP contribution < -0.4 is 10.2 Å². The van der Waals surface area contributed by atoms with Crippen LogP contribution in [0, 0.1) is 6.92 Å². The highest BCUT2D eigenvalue weighted by atomic mass is 32.1. The number of carbonyl (C=O) groups is 1. The maximum Gasteiger partial charge on any atom is 0.270 e. The largest absolute Gasteiger partial charge is 0.388 e. The van der Waals surface area contributed by atoms with Gasteiger partial charge in [-0.1, -0.05) is 11.3 Å². The topological polar surface area (TPSA) is 105 Å². The molecule has 0 unspecified atom stereocenters. The number of anilines is 1. The lowest BCUT2D eigenvalue weighted by molar-refractivity contribution is -0.167. The highest BCUT2D eigenvalue weighted by Crippen LogP contribution is 2.40. The van der Waals surface area contributed by atoms with Gasteiger partial charge in [0.25, 0.3) is 5.91 Å². The Morgan fingerprint density at radius 1 is 1.39 bits per heavy atom. The predicted molar refractivity (Wildman–Crippen MR) is 104 cm³/mol. The molecule has 0 saturated carbocycles. The van der Waals surface area contributed by atoms with Gasteiger partial charge in [-0.15, -0.1) is 10.2 Å². The fraction of sp³-hybridized carbons (Fsp3) is 0.667. The van der Waals surface area contributed by atoms with Gasteiger partial charge in [0.05, 0.1) is 17.7 Å². The van der Waals surface area contributed by atoms with Crippen molar-refractivity contribution < 1.29 is 14.6 Å². The van der Waals surface area contributed by atoms with Crippen molar-refractivity contribution in [2.24, 2.45) is 7.05 Å². The third kappa shape index (κ3) is 3.51. The van der Waals surface area contributed by atoms with E-state index >= 15 is 0 Å². The lowest BCUT2D eigenvalue weighted by Crippen LogP contribution is -2.65. The lowest BCUT2D eigenvalue weighted by atomic mass is 9.74. The second-order valence-corrected chi connectivity index (χ2v) is 9.15. The quantitative estimate of drug-likeness (QED) is 0.780. The molecule has 1 spiro atoms. The number of rotatable bonds is 3. The van der Waals surface area contributed by atoms with Gasteiger partial charge in [-0.25, -0.2) is 0 Å². The molecule has 1 amide bonds. The van der Waals surface area contributed by atoms with Crippen LogP contribution in [0.25, 0.3) is 0 Å². The standard InChI is InChI=1S/C18H26N6O3S/c1-12-21-22-16(28-12)24-8-5-18(6-9-24)11-17(2,14(25)10-27-18)20-15(26)13-4-7-19-23(13)3/h4,7,14,25H,5-6,8-11H2,1-3H3,(H,20,26)/t14-,17-/m1/s1. The molecule has 2 N–H and O–H groups in total. The third-order valence-corrected chi connectivity index (χ3v) is 6.78. The van der Waals surface area contributed by atoms with Gasteiger partial charge in [0, 0.05) is 32.8 Å². The molecular weight excluding hydrogens is 380 g/mol. The maximum absolute atomic E-state index is 12.7. The van der Waals surface area contributed by atoms with Gasteiger partial charge < -0.3 is 20.1 Å². The normalized spacial score (nSPS) is 27.1. The molecule has 2 aromatic rings. The van der Waals surface area contributed by atoms with Gasteiger partial charge >= 0.3 is 0 Å². The fourth-order valence-corrected chi connectivity index (χ4v) is 4.91. The zero-order chi connectivity index (χ0) is 19.9. The van der Waals surface area contributed by atoms with Gasteiger partial charge in [0.1, 0.15) is 16.8 Å². The maximum atomic E-state index is 12.7. The van der Waals surface area contributed by atoms with Crippen molar-refractivity contribution >= 4 is 22.4 Å². The first-order chi connectivity index (χ1) is 13.3. The van der Waals surface area contributed by atoms with Gasteiger partial charge in [-0.2, -0.15) is 5.10 Å². The van der Waals surface area contributed by atoms with Gasteiger partial charge in [0.2, 0.25) is 5.13 Å². The second-order valence-electron chi connectivity index (χ2n) is 7.99. The van der Waals surface area contributed by atoms with Crippen LogP contribution in [0.1, 0.15) is 41.7 Å². The number of carbonyl (C=O) groups excluding carboxylic acids is 1. The summed E-state index contributed by atoms with van der Waals surface area (Å²) in [5.74, 6) is -0.236. The summed E-state index contributed by atoms with van der Waals surface area (Å²) in [5, 5.41) is 27.9. The van der Waals surface area contributed by atoms with Crippen LogP contribution in [0.2, 0.25) is 0 Å². The molecule has 0 bridgehead atoms. The van der Waals surface area contributed by atoms with E-state index in [0.717, 1.165) is 36.1 Å². The first-order valence-corrected chi connectivity index (χ1v) is 10.3. The molecular formula is C18H26N6O3S. The summed E-state index contributed by atoms with van der Waals surface area (Å²) in [6, 6.07) is 1.67. The molecule has 10 heteroatoms. The fourth-order valence-electron chi connectivity index (χ4n) is 4.17. The summed E-state index contributed by atoms with van der Waals surface area (Å²) < 4.78 is 7.65. The first kappa shape index (κ1) is 19.3. The molecule has 2 aliphatic rings. The lowest BCUT2D eigenvalue weighted by Gasteiger charge is -2.51. The molecule has 2 fully saturated rings. The molecule has 9 nitrogen and oxygen atoms in total. The zero-order valence-corrected chi connectivity index (χ0v) is 17.2. The van der Waals surface area contributed by atoms with Crippen molar-refractivity contribution in [1.29, 1.82) is 0 Å². The van der Waals surface area contributed by atoms with Crippen LogP contribution in [0.3, 0.4) is 0 Å². The van der Waals surface area contributed by atoms with Crippen LogP contribution in [0.5, 0.6) is 0 Å². The number of nitrogens with one attached hydrogen (secondary N) is 1. The zero-order valence-electron chi connectivity index (χ0n) is 16.4. The predicted octanol–water partition coefficient (Wildman–Crippen LogP) is 0.889. The average molecular weight is 407 g/mol. The van der Waals surface area contributed by atoms with E-state index in [9.17, 15) is 9.90 Å². The van der Waals surface area contributed by atoms with Crippen molar-refractivity contribution in [3.05, 3.63) is 23.0 Å². The first-order valence-electron chi connectivity index (χ1n) is 9.48. The van der Waals surface area contributed by atoms with Crippen molar-refractivity contribution in [3.8, 4) is 0 Å². The minimum atomic E-state index is -0.765. The van der Waals surface area contributed by atoms with Crippen molar-refractivity contribution in [2.45, 2.75) is 50.4 Å². The van der Waals surface area contributed by atoms with E-state index in [1.54, 1.807) is 30.6 Å². The minimum absolute atomic E-state index is 0.208. The SMILES string of the molecule is Cc1nnc(N2CCC3(CC2)C[C@@](C)(NC(=O)c2ccnn2C)[C@H](O)CO3)s1. The number of aromatic nitrogens is 4. The van der Waals surface area contributed by atoms with Gasteiger partial charge in [0.15, 0.2) is 0 Å². The number of amides is 1. The Morgan fingerprint density at radius 2 is 2.14 bits per heavy atom. The monoisotopic (exact) mass is 406 g/mol. The molecule has 0 aromatic carbocycles. The molecule has 0 radical (unpaired) electrons. The molecule has 2 atom stereocenters. The molecule has 152 valence electrons. The number of ether oxygens (including phenoxy) is 1. The van der Waals surface area contributed by atoms with Gasteiger partial charge in [-0.05, 0) is 32.8 Å². The summed E-state index contributed by atoms with van der Waals surface area (Å²) in [7, 11) is 1.73. The number of aliphatic hydroxyl groups is 1. The summed E-state index contributed by atoms with van der Waals surface area (Å²) in [5.41, 5.74) is -0.652. The molecule has 0 aliphatic carbocycles. The Morgan fingerprint density at radius 3 is 2.75 bits per heavy atom. The van der Waals surface area contributed by atoms with Crippen LogP contribution in [0.15, 0.2) is 12.3 Å². The third-order valence-electron chi connectivity index (χ3n) is 5.89.